The van der Waals surface area contributed by atoms with Crippen LogP contribution >= 0.6 is 11.6 Å². The Morgan fingerprint density at radius 1 is 0.980 bits per heavy atom. The van der Waals surface area contributed by atoms with Gasteiger partial charge in [-0.05, 0) is 48.0 Å². The van der Waals surface area contributed by atoms with Crippen LogP contribution in [0, 0.1) is 18.3 Å². The molecule has 0 aliphatic carbocycles. The molecule has 12 nitrogen and oxygen atoms in total. The highest BCUT2D eigenvalue weighted by molar-refractivity contribution is 6.32. The third-order valence-corrected chi connectivity index (χ3v) is 6.71. The number of aromatic nitrogens is 7. The zero-order valence-corrected chi connectivity index (χ0v) is 24.9. The highest BCUT2D eigenvalue weighted by Gasteiger charge is 2.76. The third-order valence-electron chi connectivity index (χ3n) is 6.42. The van der Waals surface area contributed by atoms with E-state index in [0.29, 0.717) is 0 Å². The van der Waals surface area contributed by atoms with Gasteiger partial charge in [0, 0.05) is 12.7 Å². The molecule has 0 unspecified atom stereocenters. The van der Waals surface area contributed by atoms with Crippen molar-refractivity contribution in [3.8, 4) is 11.9 Å². The SMILES string of the molecule is Cc1cc(C#N)cc(C(=O)NCCC(F)(F)F)c1NC(=O)c1cc(Cn2nnc(C(F)(C(F)(F)F)C(F)(F)F)n2)nn1-c1ncccc1Cl. The van der Waals surface area contributed by atoms with Gasteiger partial charge in [0.15, 0.2) is 5.82 Å². The number of hydrogen-bond donors (Lipinski definition) is 2. The smallest absolute Gasteiger partial charge is 0.352 e. The number of benzene rings is 1. The van der Waals surface area contributed by atoms with Crippen molar-refractivity contribution in [2.75, 3.05) is 11.9 Å². The van der Waals surface area contributed by atoms with Crippen LogP contribution in [0.4, 0.5) is 49.6 Å². The lowest BCUT2D eigenvalue weighted by Gasteiger charge is -2.26. The molecule has 0 radical (unpaired) electrons. The first-order valence-electron chi connectivity index (χ1n) is 13.2. The summed E-state index contributed by atoms with van der Waals surface area (Å²) in [5, 5.41) is 26.2. The summed E-state index contributed by atoms with van der Waals surface area (Å²) in [4.78, 5) is 30.6. The number of alkyl halides is 10. The molecule has 0 saturated carbocycles. The number of halogens is 11. The van der Waals surface area contributed by atoms with E-state index in [4.69, 9.17) is 11.6 Å². The normalized spacial score (nSPS) is 12.5. The molecule has 2 N–H and O–H groups in total. The molecule has 0 aliphatic heterocycles. The minimum Gasteiger partial charge on any atom is -0.352 e. The zero-order valence-electron chi connectivity index (χ0n) is 24.1. The number of aryl methyl sites for hydroxylation is 1. The van der Waals surface area contributed by atoms with Crippen molar-refractivity contribution < 1.29 is 53.5 Å². The predicted octanol–water partition coefficient (Wildman–Crippen LogP) is 5.36. The quantitative estimate of drug-likeness (QED) is 0.219. The van der Waals surface area contributed by atoms with Crippen LogP contribution in [0.5, 0.6) is 0 Å². The van der Waals surface area contributed by atoms with Crippen LogP contribution in [-0.2, 0) is 12.2 Å². The predicted molar refractivity (Wildman–Crippen MR) is 145 cm³/mol. The summed E-state index contributed by atoms with van der Waals surface area (Å²) in [6.45, 7) is -0.352. The molecule has 0 aliphatic rings. The van der Waals surface area contributed by atoms with Gasteiger partial charge in [0.1, 0.15) is 12.2 Å². The Labute approximate surface area is 271 Å². The van der Waals surface area contributed by atoms with Crippen molar-refractivity contribution in [1.29, 1.82) is 5.26 Å². The highest BCUT2D eigenvalue weighted by atomic mass is 35.5. The molecule has 0 atom stereocenters. The Kier molecular flexibility index (Phi) is 9.90. The molecule has 4 rings (SSSR count). The summed E-state index contributed by atoms with van der Waals surface area (Å²) in [7, 11) is 0. The van der Waals surface area contributed by atoms with E-state index >= 15 is 0 Å². The first kappa shape index (κ1) is 36.5. The number of nitrogens with one attached hydrogen (secondary N) is 2. The number of hydrogen-bond acceptors (Lipinski definition) is 8. The first-order valence-corrected chi connectivity index (χ1v) is 13.6. The summed E-state index contributed by atoms with van der Waals surface area (Å²) < 4.78 is 132. The second kappa shape index (κ2) is 13.3. The molecule has 0 spiro atoms. The van der Waals surface area contributed by atoms with Crippen LogP contribution in [0.15, 0.2) is 36.5 Å². The van der Waals surface area contributed by atoms with Crippen molar-refractivity contribution in [1.82, 2.24) is 40.3 Å². The molecule has 0 saturated heterocycles. The van der Waals surface area contributed by atoms with Crippen LogP contribution in [-0.4, -0.2) is 71.9 Å². The largest absolute Gasteiger partial charge is 0.439 e. The lowest BCUT2D eigenvalue weighted by atomic mass is 10.0. The van der Waals surface area contributed by atoms with Crippen molar-refractivity contribution in [3.05, 3.63) is 75.5 Å². The minimum absolute atomic E-state index is 0.0860. The second-order valence-corrected chi connectivity index (χ2v) is 10.3. The Bertz CT molecular complexity index is 1910. The molecule has 4 aromatic rings. The van der Waals surface area contributed by atoms with E-state index in [0.717, 1.165) is 16.8 Å². The van der Waals surface area contributed by atoms with Gasteiger partial charge >= 0.3 is 24.2 Å². The molecule has 2 amide bonds. The van der Waals surface area contributed by atoms with Gasteiger partial charge in [0.2, 0.25) is 5.82 Å². The fourth-order valence-corrected chi connectivity index (χ4v) is 4.36. The number of anilines is 1. The maximum absolute atomic E-state index is 14.4. The van der Waals surface area contributed by atoms with Gasteiger partial charge < -0.3 is 10.6 Å². The summed E-state index contributed by atoms with van der Waals surface area (Å²) in [6.07, 6.45) is -17.8. The van der Waals surface area contributed by atoms with E-state index in [-0.39, 0.29) is 38.1 Å². The maximum Gasteiger partial charge on any atom is 0.439 e. The average Bonchev–Trinajstić information content (AvgIpc) is 3.63. The van der Waals surface area contributed by atoms with E-state index in [1.54, 1.807) is 6.07 Å². The fraction of sp³-hybridized carbons (Fsp3) is 0.308. The number of carbonyl (C=O) groups is 2. The number of amides is 2. The second-order valence-electron chi connectivity index (χ2n) is 9.94. The standard InChI is InChI=1S/C26H17ClF10N10O2/c1-12-7-13(10-38)8-15(20(48)40-6-4-23(28,29)30)18(12)41-21(49)17-9-14(43-47(17)19-16(27)3-2-5-39-19)11-46-44-22(42-45-46)24(31,25(32,33)34)26(35,36)37/h2-3,5,7-9H,4,6,11H2,1H3,(H,40,48)(H,41,49). The summed E-state index contributed by atoms with van der Waals surface area (Å²) in [5.41, 5.74) is -7.40. The van der Waals surface area contributed by atoms with Crippen LogP contribution in [0.25, 0.3) is 5.82 Å². The van der Waals surface area contributed by atoms with Crippen LogP contribution in [0.2, 0.25) is 5.02 Å². The van der Waals surface area contributed by atoms with E-state index in [1.165, 1.54) is 31.3 Å². The monoisotopic (exact) mass is 726 g/mol. The average molecular weight is 727 g/mol. The molecule has 3 heterocycles. The van der Waals surface area contributed by atoms with E-state index in [9.17, 15) is 58.8 Å². The first-order chi connectivity index (χ1) is 22.7. The Morgan fingerprint density at radius 2 is 1.65 bits per heavy atom. The molecule has 260 valence electrons. The molecule has 49 heavy (non-hydrogen) atoms. The molecule has 0 bridgehead atoms. The van der Waals surface area contributed by atoms with Gasteiger partial charge in [-0.3, -0.25) is 9.59 Å². The highest BCUT2D eigenvalue weighted by Crippen LogP contribution is 2.51. The van der Waals surface area contributed by atoms with Crippen LogP contribution in [0.3, 0.4) is 0 Å². The van der Waals surface area contributed by atoms with Gasteiger partial charge in [-0.15, -0.1) is 10.2 Å². The molecule has 0 fully saturated rings. The number of tetrazole rings is 1. The number of pyridine rings is 1. The van der Waals surface area contributed by atoms with E-state index in [2.05, 4.69) is 30.8 Å². The minimum atomic E-state index is -6.51. The number of nitrogens with zero attached hydrogens (tertiary/aromatic N) is 8. The Hall–Kier alpha value is -5.33. The third kappa shape index (κ3) is 7.71. The Morgan fingerprint density at radius 3 is 2.24 bits per heavy atom. The fourth-order valence-electron chi connectivity index (χ4n) is 4.16. The topological polar surface area (TPSA) is 156 Å². The molecule has 23 heteroatoms. The Balaban J connectivity index is 1.73. The van der Waals surface area contributed by atoms with E-state index < -0.39 is 72.6 Å². The van der Waals surface area contributed by atoms with E-state index in [1.807, 2.05) is 5.32 Å². The van der Waals surface area contributed by atoms with Gasteiger partial charge in [-0.1, -0.05) is 11.6 Å². The lowest BCUT2D eigenvalue weighted by Crippen LogP contribution is -2.51. The molecular weight excluding hydrogens is 710 g/mol. The van der Waals surface area contributed by atoms with Gasteiger partial charge in [0.25, 0.3) is 11.8 Å². The van der Waals surface area contributed by atoms with Crippen molar-refractivity contribution in [2.24, 2.45) is 0 Å². The molecular formula is C26H17ClF10N10O2. The number of rotatable bonds is 9. The summed E-state index contributed by atoms with van der Waals surface area (Å²) in [6, 6.07) is 7.69. The van der Waals surface area contributed by atoms with Crippen molar-refractivity contribution >= 4 is 29.1 Å². The summed E-state index contributed by atoms with van der Waals surface area (Å²) >= 11 is 6.20. The van der Waals surface area contributed by atoms with Crippen molar-refractivity contribution in [2.45, 2.75) is 44.1 Å². The number of nitriles is 1. The molecule has 1 aromatic carbocycles. The maximum atomic E-state index is 14.4. The zero-order chi connectivity index (χ0) is 36.5. The summed E-state index contributed by atoms with van der Waals surface area (Å²) in [5.74, 6) is -4.76. The van der Waals surface area contributed by atoms with Crippen LogP contribution in [0.1, 0.15) is 49.9 Å². The molecule has 3 aromatic heterocycles. The van der Waals surface area contributed by atoms with Crippen molar-refractivity contribution in [3.63, 3.8) is 0 Å². The van der Waals surface area contributed by atoms with Gasteiger partial charge in [-0.2, -0.15) is 54.7 Å². The van der Waals surface area contributed by atoms with Gasteiger partial charge in [-0.25, -0.2) is 14.1 Å². The lowest BCUT2D eigenvalue weighted by molar-refractivity contribution is -0.351. The van der Waals surface area contributed by atoms with Crippen LogP contribution < -0.4 is 10.6 Å². The number of carbonyl (C=O) groups excluding carboxylic acids is 2. The van der Waals surface area contributed by atoms with Gasteiger partial charge in [0.05, 0.1) is 40.0 Å².